The number of hydrogen-bond acceptors (Lipinski definition) is 1. The molecule has 0 aliphatic carbocycles. The molecule has 11 heavy (non-hydrogen) atoms. The van der Waals surface area contributed by atoms with Crippen molar-refractivity contribution in [2.45, 2.75) is 6.92 Å². The highest BCUT2D eigenvalue weighted by Crippen LogP contribution is 2.11. The summed E-state index contributed by atoms with van der Waals surface area (Å²) in [4.78, 5) is 4.08. The summed E-state index contributed by atoms with van der Waals surface area (Å²) < 4.78 is 0. The van der Waals surface area contributed by atoms with Gasteiger partial charge in [-0.15, -0.1) is 0 Å². The van der Waals surface area contributed by atoms with Crippen LogP contribution in [0.4, 0.5) is 0 Å². The largest absolute Gasteiger partial charge is 0.262 e. The number of nitrogens with zero attached hydrogens (tertiary/aromatic N) is 1. The van der Waals surface area contributed by atoms with Crippen LogP contribution in [0.15, 0.2) is 41.9 Å². The molecule has 0 atom stereocenters. The Morgan fingerprint density at radius 1 is 1.36 bits per heavy atom. The van der Waals surface area contributed by atoms with Gasteiger partial charge in [-0.3, -0.25) is 4.99 Å². The molecular formula is C10H11N. The molecular weight excluding hydrogens is 134 g/mol. The Bertz CT molecular complexity index is 259. The third-order valence-electron chi connectivity index (χ3n) is 1.39. The monoisotopic (exact) mass is 145 g/mol. The summed E-state index contributed by atoms with van der Waals surface area (Å²) in [5.41, 5.74) is 1.89. The molecule has 0 saturated carbocycles. The molecule has 0 heterocycles. The van der Waals surface area contributed by atoms with E-state index in [-0.39, 0.29) is 0 Å². The number of aliphatic imine (C=N–C) groups is 1. The molecule has 1 aromatic carbocycles. The standard InChI is InChI=1S/C10H11N/c1-3-11-9(2)10-7-5-4-6-8-10/h3-8H,2H2,1H3. The van der Waals surface area contributed by atoms with Crippen molar-refractivity contribution in [2.24, 2.45) is 4.99 Å². The van der Waals surface area contributed by atoms with Gasteiger partial charge >= 0.3 is 0 Å². The lowest BCUT2D eigenvalue weighted by molar-refractivity contribution is 1.52. The smallest absolute Gasteiger partial charge is 0.0626 e. The van der Waals surface area contributed by atoms with Crippen molar-refractivity contribution < 1.29 is 0 Å². The van der Waals surface area contributed by atoms with E-state index < -0.39 is 0 Å². The molecule has 0 fully saturated rings. The van der Waals surface area contributed by atoms with Gasteiger partial charge in [-0.05, 0) is 12.5 Å². The lowest BCUT2D eigenvalue weighted by Gasteiger charge is -1.96. The van der Waals surface area contributed by atoms with Gasteiger partial charge in [-0.25, -0.2) is 0 Å². The molecule has 0 saturated heterocycles. The van der Waals surface area contributed by atoms with Gasteiger partial charge in [-0.2, -0.15) is 0 Å². The van der Waals surface area contributed by atoms with Gasteiger partial charge < -0.3 is 0 Å². The molecule has 0 aromatic heterocycles. The summed E-state index contributed by atoms with van der Waals surface area (Å²) in [6.45, 7) is 5.70. The summed E-state index contributed by atoms with van der Waals surface area (Å²) in [6, 6.07) is 9.93. The minimum absolute atomic E-state index is 0.813. The zero-order chi connectivity index (χ0) is 8.10. The highest BCUT2D eigenvalue weighted by molar-refractivity contribution is 5.71. The van der Waals surface area contributed by atoms with Crippen LogP contribution in [0.1, 0.15) is 12.5 Å². The highest BCUT2D eigenvalue weighted by Gasteiger charge is 1.91. The van der Waals surface area contributed by atoms with E-state index in [1.807, 2.05) is 37.3 Å². The molecule has 1 rings (SSSR count). The van der Waals surface area contributed by atoms with Crippen molar-refractivity contribution in [3.63, 3.8) is 0 Å². The Kier molecular flexibility index (Phi) is 2.61. The van der Waals surface area contributed by atoms with Crippen molar-refractivity contribution in [2.75, 3.05) is 0 Å². The van der Waals surface area contributed by atoms with E-state index >= 15 is 0 Å². The van der Waals surface area contributed by atoms with E-state index in [2.05, 4.69) is 11.6 Å². The zero-order valence-electron chi connectivity index (χ0n) is 6.62. The summed E-state index contributed by atoms with van der Waals surface area (Å²) in [5.74, 6) is 0. The summed E-state index contributed by atoms with van der Waals surface area (Å²) in [6.07, 6.45) is 1.75. The molecule has 1 aromatic rings. The molecule has 0 radical (unpaired) electrons. The molecule has 0 unspecified atom stereocenters. The Labute approximate surface area is 67.1 Å². The van der Waals surface area contributed by atoms with Gasteiger partial charge in [0.25, 0.3) is 0 Å². The molecule has 0 aliphatic heterocycles. The van der Waals surface area contributed by atoms with Crippen LogP contribution in [0.2, 0.25) is 0 Å². The summed E-state index contributed by atoms with van der Waals surface area (Å²) in [7, 11) is 0. The van der Waals surface area contributed by atoms with Crippen molar-refractivity contribution in [1.82, 2.24) is 0 Å². The number of hydrogen-bond donors (Lipinski definition) is 0. The van der Waals surface area contributed by atoms with E-state index in [4.69, 9.17) is 0 Å². The first kappa shape index (κ1) is 7.73. The SMILES string of the molecule is C=C(N=CC)c1ccccc1. The third-order valence-corrected chi connectivity index (χ3v) is 1.39. The molecule has 0 spiro atoms. The zero-order valence-corrected chi connectivity index (χ0v) is 6.62. The predicted molar refractivity (Wildman–Crippen MR) is 49.6 cm³/mol. The Hall–Kier alpha value is -1.37. The second-order valence-electron chi connectivity index (χ2n) is 2.20. The maximum atomic E-state index is 4.08. The Balaban J connectivity index is 2.86. The summed E-state index contributed by atoms with van der Waals surface area (Å²) >= 11 is 0. The normalized spacial score (nSPS) is 10.3. The second kappa shape index (κ2) is 3.71. The van der Waals surface area contributed by atoms with E-state index in [1.165, 1.54) is 0 Å². The van der Waals surface area contributed by atoms with Crippen molar-refractivity contribution in [3.05, 3.63) is 42.5 Å². The van der Waals surface area contributed by atoms with Crippen molar-refractivity contribution >= 4 is 11.9 Å². The van der Waals surface area contributed by atoms with Crippen LogP contribution in [0.3, 0.4) is 0 Å². The van der Waals surface area contributed by atoms with E-state index in [9.17, 15) is 0 Å². The molecule has 1 heteroatoms. The fourth-order valence-corrected chi connectivity index (χ4v) is 0.861. The summed E-state index contributed by atoms with van der Waals surface area (Å²) in [5, 5.41) is 0. The van der Waals surface area contributed by atoms with E-state index in [0.29, 0.717) is 0 Å². The highest BCUT2D eigenvalue weighted by atomic mass is 14.7. The molecule has 0 aliphatic rings. The maximum Gasteiger partial charge on any atom is 0.0626 e. The third kappa shape index (κ3) is 2.04. The molecule has 0 bridgehead atoms. The number of benzene rings is 1. The van der Waals surface area contributed by atoms with Gasteiger partial charge in [0.05, 0.1) is 5.70 Å². The molecule has 0 amide bonds. The number of rotatable bonds is 2. The molecule has 56 valence electrons. The predicted octanol–water partition coefficient (Wildman–Crippen LogP) is 2.75. The van der Waals surface area contributed by atoms with Crippen LogP contribution in [0.5, 0.6) is 0 Å². The van der Waals surface area contributed by atoms with Gasteiger partial charge in [0.1, 0.15) is 0 Å². The first-order valence-corrected chi connectivity index (χ1v) is 3.57. The maximum absolute atomic E-state index is 4.08. The topological polar surface area (TPSA) is 12.4 Å². The Morgan fingerprint density at radius 2 is 2.00 bits per heavy atom. The minimum Gasteiger partial charge on any atom is -0.262 e. The van der Waals surface area contributed by atoms with Gasteiger partial charge in [0, 0.05) is 6.21 Å². The fourth-order valence-electron chi connectivity index (χ4n) is 0.861. The minimum atomic E-state index is 0.813. The Morgan fingerprint density at radius 3 is 2.55 bits per heavy atom. The fraction of sp³-hybridized carbons (Fsp3) is 0.100. The lowest BCUT2D eigenvalue weighted by atomic mass is 10.2. The first-order valence-electron chi connectivity index (χ1n) is 3.57. The van der Waals surface area contributed by atoms with Gasteiger partial charge in [0.2, 0.25) is 0 Å². The quantitative estimate of drug-likeness (QED) is 0.567. The van der Waals surface area contributed by atoms with E-state index in [1.54, 1.807) is 6.21 Å². The molecule has 0 N–H and O–H groups in total. The van der Waals surface area contributed by atoms with Crippen LogP contribution in [0.25, 0.3) is 5.70 Å². The lowest BCUT2D eigenvalue weighted by Crippen LogP contribution is -1.76. The van der Waals surface area contributed by atoms with Crippen LogP contribution in [-0.4, -0.2) is 6.21 Å². The van der Waals surface area contributed by atoms with Crippen LogP contribution < -0.4 is 0 Å². The van der Waals surface area contributed by atoms with Crippen LogP contribution in [0, 0.1) is 0 Å². The van der Waals surface area contributed by atoms with Crippen molar-refractivity contribution in [1.29, 1.82) is 0 Å². The molecule has 1 nitrogen and oxygen atoms in total. The van der Waals surface area contributed by atoms with Crippen LogP contribution in [-0.2, 0) is 0 Å². The average molecular weight is 145 g/mol. The van der Waals surface area contributed by atoms with Gasteiger partial charge in [-0.1, -0.05) is 36.9 Å². The average Bonchev–Trinajstić information content (AvgIpc) is 2.07. The van der Waals surface area contributed by atoms with Gasteiger partial charge in [0.15, 0.2) is 0 Å². The van der Waals surface area contributed by atoms with Crippen LogP contribution >= 0.6 is 0 Å². The first-order chi connectivity index (χ1) is 5.34. The van der Waals surface area contributed by atoms with Crippen molar-refractivity contribution in [3.8, 4) is 0 Å². The second-order valence-corrected chi connectivity index (χ2v) is 2.20. The van der Waals surface area contributed by atoms with E-state index in [0.717, 1.165) is 11.3 Å².